The molecule has 2 aromatic rings. The highest BCUT2D eigenvalue weighted by Gasteiger charge is 2.31. The fourth-order valence-electron chi connectivity index (χ4n) is 3.51. The van der Waals surface area contributed by atoms with Crippen LogP contribution in [0.5, 0.6) is 0 Å². The summed E-state index contributed by atoms with van der Waals surface area (Å²) < 4.78 is 27.4. The van der Waals surface area contributed by atoms with Gasteiger partial charge in [-0.3, -0.25) is 9.52 Å². The Morgan fingerprint density at radius 1 is 0.897 bits per heavy atom. The number of aryl methyl sites for hydroxylation is 1. The van der Waals surface area contributed by atoms with Gasteiger partial charge in [-0.15, -0.1) is 0 Å². The fourth-order valence-corrected chi connectivity index (χ4v) is 4.57. The van der Waals surface area contributed by atoms with Crippen molar-refractivity contribution in [2.24, 2.45) is 11.8 Å². The predicted octanol–water partition coefficient (Wildman–Crippen LogP) is 2.29. The van der Waals surface area contributed by atoms with Crippen molar-refractivity contribution in [3.8, 4) is 0 Å². The van der Waals surface area contributed by atoms with Gasteiger partial charge in [0.2, 0.25) is 5.91 Å². The molecule has 8 heteroatoms. The van der Waals surface area contributed by atoms with Gasteiger partial charge in [-0.1, -0.05) is 30.5 Å². The van der Waals surface area contributed by atoms with E-state index >= 15 is 0 Å². The number of aliphatic carboxylic acids is 1. The van der Waals surface area contributed by atoms with Gasteiger partial charge < -0.3 is 15.2 Å². The molecule has 1 saturated carbocycles. The molecule has 0 unspecified atom stereocenters. The number of rotatable bonds is 6. The lowest BCUT2D eigenvalue weighted by molar-refractivity contribution is -0.313. The van der Waals surface area contributed by atoms with E-state index in [9.17, 15) is 23.1 Å². The Labute approximate surface area is 170 Å². The summed E-state index contributed by atoms with van der Waals surface area (Å²) in [5, 5.41) is 14.0. The number of hydrogen-bond donors (Lipinski definition) is 2. The number of sulfonamides is 1. The van der Waals surface area contributed by atoms with Crippen LogP contribution in [-0.2, 0) is 19.6 Å². The van der Waals surface area contributed by atoms with Crippen LogP contribution >= 0.6 is 0 Å². The first-order valence-corrected chi connectivity index (χ1v) is 11.0. The first kappa shape index (κ1) is 20.9. The number of hydrogen-bond acceptors (Lipinski definition) is 5. The van der Waals surface area contributed by atoms with Crippen LogP contribution in [-0.4, -0.2) is 20.3 Å². The van der Waals surface area contributed by atoms with E-state index in [2.05, 4.69) is 10.0 Å². The zero-order valence-electron chi connectivity index (χ0n) is 16.1. The molecule has 0 radical (unpaired) electrons. The third kappa shape index (κ3) is 5.14. The number of carbonyl (C=O) groups excluding carboxylic acids is 2. The van der Waals surface area contributed by atoms with Crippen LogP contribution in [0.1, 0.15) is 31.2 Å². The Morgan fingerprint density at radius 3 is 2.03 bits per heavy atom. The standard InChI is InChI=1S/C21H24N2O5S/c1-14-6-12-17(13-7-14)29(27,28)23-16-10-8-15(9-11-16)22-20(24)18-4-2-3-5-19(18)21(25)26/h6-13,18-19,23H,2-5H2,1H3,(H,22,24)(H,25,26)/p-1/t18-,19-/m1/s1. The topological polar surface area (TPSA) is 115 Å². The summed E-state index contributed by atoms with van der Waals surface area (Å²) in [7, 11) is -3.71. The Bertz CT molecular complexity index is 985. The second-order valence-corrected chi connectivity index (χ2v) is 8.98. The highest BCUT2D eigenvalue weighted by molar-refractivity contribution is 7.92. The Morgan fingerprint density at radius 2 is 1.45 bits per heavy atom. The van der Waals surface area contributed by atoms with Crippen molar-refractivity contribution in [3.63, 3.8) is 0 Å². The molecule has 2 aromatic carbocycles. The highest BCUT2D eigenvalue weighted by atomic mass is 32.2. The summed E-state index contributed by atoms with van der Waals surface area (Å²) in [6, 6.07) is 12.7. The molecule has 0 aromatic heterocycles. The van der Waals surface area contributed by atoms with Crippen molar-refractivity contribution in [2.45, 2.75) is 37.5 Å². The quantitative estimate of drug-likeness (QED) is 0.751. The van der Waals surface area contributed by atoms with Crippen molar-refractivity contribution in [1.82, 2.24) is 0 Å². The third-order valence-corrected chi connectivity index (χ3v) is 6.54. The summed E-state index contributed by atoms with van der Waals surface area (Å²) in [6.07, 6.45) is 2.54. The molecule has 1 amide bonds. The lowest BCUT2D eigenvalue weighted by atomic mass is 9.78. The van der Waals surface area contributed by atoms with Gasteiger partial charge in [0.05, 0.1) is 4.90 Å². The molecule has 0 aliphatic heterocycles. The molecule has 1 fully saturated rings. The van der Waals surface area contributed by atoms with Crippen molar-refractivity contribution in [2.75, 3.05) is 10.0 Å². The smallest absolute Gasteiger partial charge is 0.261 e. The number of anilines is 2. The maximum absolute atomic E-state index is 12.5. The van der Waals surface area contributed by atoms with Gasteiger partial charge >= 0.3 is 0 Å². The van der Waals surface area contributed by atoms with Gasteiger partial charge in [0, 0.05) is 29.2 Å². The molecule has 154 valence electrons. The SMILES string of the molecule is Cc1ccc(S(=O)(=O)Nc2ccc(NC(=O)[C@@H]3CCCC[C@H]3C(=O)[O-])cc2)cc1. The van der Waals surface area contributed by atoms with Gasteiger partial charge in [0.1, 0.15) is 0 Å². The van der Waals surface area contributed by atoms with E-state index in [0.717, 1.165) is 18.4 Å². The van der Waals surface area contributed by atoms with Gasteiger partial charge in [-0.2, -0.15) is 0 Å². The fraction of sp³-hybridized carbons (Fsp3) is 0.333. The van der Waals surface area contributed by atoms with E-state index in [1.165, 1.54) is 12.1 Å². The van der Waals surface area contributed by atoms with Crippen molar-refractivity contribution >= 4 is 33.3 Å². The number of benzene rings is 2. The first-order valence-electron chi connectivity index (χ1n) is 9.47. The minimum absolute atomic E-state index is 0.158. The van der Waals surface area contributed by atoms with Crippen molar-refractivity contribution < 1.29 is 23.1 Å². The van der Waals surface area contributed by atoms with E-state index in [1.807, 2.05) is 6.92 Å². The van der Waals surface area contributed by atoms with Gasteiger partial charge in [0.15, 0.2) is 0 Å². The number of carbonyl (C=O) groups is 2. The molecular weight excluding hydrogens is 392 g/mol. The van der Waals surface area contributed by atoms with Gasteiger partial charge in [-0.05, 0) is 56.2 Å². The maximum Gasteiger partial charge on any atom is 0.261 e. The normalized spacial score (nSPS) is 19.3. The van der Waals surface area contributed by atoms with E-state index in [1.54, 1.807) is 36.4 Å². The molecule has 2 atom stereocenters. The second-order valence-electron chi connectivity index (χ2n) is 7.30. The lowest BCUT2D eigenvalue weighted by Gasteiger charge is -2.31. The van der Waals surface area contributed by atoms with Crippen LogP contribution in [0.4, 0.5) is 11.4 Å². The molecule has 0 bridgehead atoms. The zero-order valence-corrected chi connectivity index (χ0v) is 16.9. The largest absolute Gasteiger partial charge is 0.550 e. The van der Waals surface area contributed by atoms with Crippen LogP contribution in [0.15, 0.2) is 53.4 Å². The lowest BCUT2D eigenvalue weighted by Crippen LogP contribution is -2.42. The monoisotopic (exact) mass is 415 g/mol. The van der Waals surface area contributed by atoms with Gasteiger partial charge in [-0.25, -0.2) is 8.42 Å². The van der Waals surface area contributed by atoms with E-state index in [4.69, 9.17) is 0 Å². The molecule has 2 N–H and O–H groups in total. The van der Waals surface area contributed by atoms with Crippen LogP contribution in [0.2, 0.25) is 0 Å². The average Bonchev–Trinajstić information content (AvgIpc) is 2.69. The minimum Gasteiger partial charge on any atom is -0.550 e. The van der Waals surface area contributed by atoms with Crippen LogP contribution in [0, 0.1) is 18.8 Å². The Balaban J connectivity index is 1.66. The van der Waals surface area contributed by atoms with Crippen molar-refractivity contribution in [3.05, 3.63) is 54.1 Å². The third-order valence-electron chi connectivity index (χ3n) is 5.14. The van der Waals surface area contributed by atoms with E-state index in [-0.39, 0.29) is 10.8 Å². The summed E-state index contributed by atoms with van der Waals surface area (Å²) in [6.45, 7) is 1.87. The summed E-state index contributed by atoms with van der Waals surface area (Å²) in [5.74, 6) is -2.93. The number of nitrogens with one attached hydrogen (secondary N) is 2. The molecule has 29 heavy (non-hydrogen) atoms. The summed E-state index contributed by atoms with van der Waals surface area (Å²) >= 11 is 0. The number of amides is 1. The van der Waals surface area contributed by atoms with Crippen LogP contribution in [0.25, 0.3) is 0 Å². The van der Waals surface area contributed by atoms with Crippen LogP contribution < -0.4 is 15.1 Å². The molecular formula is C21H23N2O5S-. The first-order chi connectivity index (χ1) is 13.8. The zero-order chi connectivity index (χ0) is 21.0. The molecule has 1 aliphatic rings. The average molecular weight is 415 g/mol. The molecule has 0 heterocycles. The molecule has 0 saturated heterocycles. The second kappa shape index (κ2) is 8.65. The van der Waals surface area contributed by atoms with Crippen LogP contribution in [0.3, 0.4) is 0 Å². The molecule has 1 aliphatic carbocycles. The van der Waals surface area contributed by atoms with Gasteiger partial charge in [0.25, 0.3) is 10.0 Å². The van der Waals surface area contributed by atoms with Crippen molar-refractivity contribution in [1.29, 1.82) is 0 Å². The summed E-state index contributed by atoms with van der Waals surface area (Å²) in [4.78, 5) is 23.9. The molecule has 3 rings (SSSR count). The predicted molar refractivity (Wildman–Crippen MR) is 108 cm³/mol. The van der Waals surface area contributed by atoms with E-state index < -0.39 is 27.8 Å². The number of carboxylic acids is 1. The Kier molecular flexibility index (Phi) is 6.22. The molecule has 7 nitrogen and oxygen atoms in total. The number of carboxylic acid groups (broad SMARTS) is 1. The summed E-state index contributed by atoms with van der Waals surface area (Å²) in [5.41, 5.74) is 1.78. The highest BCUT2D eigenvalue weighted by Crippen LogP contribution is 2.31. The minimum atomic E-state index is -3.71. The van der Waals surface area contributed by atoms with E-state index in [0.29, 0.717) is 24.2 Å². The Hall–Kier alpha value is -2.87. The molecule has 0 spiro atoms. The maximum atomic E-state index is 12.5.